The molecule has 0 bridgehead atoms. The summed E-state index contributed by atoms with van der Waals surface area (Å²) in [5.74, 6) is 1.14. The van der Waals surface area contributed by atoms with E-state index in [2.05, 4.69) is 31.1 Å². The number of H-pyrrole nitrogens is 1. The van der Waals surface area contributed by atoms with Crippen LogP contribution in [-0.4, -0.2) is 26.7 Å². The number of Topliss-reactive ketones (excluding diaryl/α,β-unsaturated/α-hetero) is 1. The summed E-state index contributed by atoms with van der Waals surface area (Å²) in [6.45, 7) is 3.99. The van der Waals surface area contributed by atoms with Gasteiger partial charge in [0, 0.05) is 25.4 Å². The predicted octanol–water partition coefficient (Wildman–Crippen LogP) is 4.89. The Balaban J connectivity index is 1.69. The summed E-state index contributed by atoms with van der Waals surface area (Å²) < 4.78 is 0.952. The van der Waals surface area contributed by atoms with Gasteiger partial charge in [0.1, 0.15) is 0 Å². The van der Waals surface area contributed by atoms with E-state index in [1.165, 1.54) is 11.8 Å². The van der Waals surface area contributed by atoms with Gasteiger partial charge in [-0.05, 0) is 26.0 Å². The number of aromatic amines is 1. The van der Waals surface area contributed by atoms with Crippen molar-refractivity contribution in [1.82, 2.24) is 15.2 Å². The van der Waals surface area contributed by atoms with Gasteiger partial charge < -0.3 is 0 Å². The lowest BCUT2D eigenvalue weighted by atomic mass is 10.2. The van der Waals surface area contributed by atoms with Crippen LogP contribution in [-0.2, 0) is 0 Å². The smallest absolute Gasteiger partial charge is 0.209 e. The van der Waals surface area contributed by atoms with E-state index in [0.29, 0.717) is 16.7 Å². The Morgan fingerprint density at radius 2 is 2.13 bits per heavy atom. The largest absolute Gasteiger partial charge is 0.293 e. The number of hydrogen-bond acceptors (Lipinski definition) is 5. The first-order chi connectivity index (χ1) is 11.0. The summed E-state index contributed by atoms with van der Waals surface area (Å²) in [6.07, 6.45) is 0. The second-order valence-corrected chi connectivity index (χ2v) is 8.24. The molecule has 0 aliphatic carbocycles. The molecule has 23 heavy (non-hydrogen) atoms. The van der Waals surface area contributed by atoms with Gasteiger partial charge in [0.05, 0.1) is 5.75 Å². The molecule has 0 fully saturated rings. The number of rotatable bonds is 5. The minimum absolute atomic E-state index is 0.115. The first kappa shape index (κ1) is 16.4. The molecule has 0 radical (unpaired) electrons. The Labute approximate surface area is 150 Å². The zero-order valence-corrected chi connectivity index (χ0v) is 15.8. The molecule has 3 aromatic rings. The highest BCUT2D eigenvalue weighted by Gasteiger charge is 2.14. The van der Waals surface area contributed by atoms with Crippen molar-refractivity contribution in [3.05, 3.63) is 50.1 Å². The van der Waals surface area contributed by atoms with Gasteiger partial charge >= 0.3 is 0 Å². The van der Waals surface area contributed by atoms with Gasteiger partial charge in [-0.2, -0.15) is 0 Å². The number of ketones is 1. The highest BCUT2D eigenvalue weighted by molar-refractivity contribution is 9.10. The number of nitrogens with zero attached hydrogens (tertiary/aromatic N) is 2. The van der Waals surface area contributed by atoms with Gasteiger partial charge in [-0.25, -0.2) is 4.98 Å². The van der Waals surface area contributed by atoms with Crippen molar-refractivity contribution in [3.8, 4) is 11.4 Å². The van der Waals surface area contributed by atoms with Gasteiger partial charge in [0.25, 0.3) is 0 Å². The first-order valence-electron chi connectivity index (χ1n) is 6.95. The highest BCUT2D eigenvalue weighted by atomic mass is 79.9. The maximum absolute atomic E-state index is 12.3. The molecule has 2 aromatic heterocycles. The zero-order valence-electron chi connectivity index (χ0n) is 12.6. The monoisotopic (exact) mass is 407 g/mol. The summed E-state index contributed by atoms with van der Waals surface area (Å²) in [5, 5.41) is 7.68. The third-order valence-corrected chi connectivity index (χ3v) is 5.77. The van der Waals surface area contributed by atoms with Crippen LogP contribution in [0.25, 0.3) is 11.4 Å². The SMILES string of the molecule is Cc1cc(C(=O)CSc2n[nH]c(-c3ccccc3Br)n2)c(C)s1. The maximum atomic E-state index is 12.3. The average Bonchev–Trinajstić information content (AvgIpc) is 3.12. The Morgan fingerprint density at radius 3 is 2.83 bits per heavy atom. The Hall–Kier alpha value is -1.44. The minimum atomic E-state index is 0.115. The molecule has 3 rings (SSSR count). The molecular formula is C16H14BrN3OS2. The van der Waals surface area contributed by atoms with E-state index in [4.69, 9.17) is 0 Å². The zero-order chi connectivity index (χ0) is 16.4. The van der Waals surface area contributed by atoms with E-state index in [9.17, 15) is 4.79 Å². The van der Waals surface area contributed by atoms with Crippen LogP contribution in [0.15, 0.2) is 40.0 Å². The second kappa shape index (κ2) is 6.98. The van der Waals surface area contributed by atoms with E-state index >= 15 is 0 Å². The summed E-state index contributed by atoms with van der Waals surface area (Å²) in [4.78, 5) is 19.0. The lowest BCUT2D eigenvalue weighted by Crippen LogP contribution is -2.02. The third kappa shape index (κ3) is 3.73. The molecule has 7 heteroatoms. The molecule has 0 saturated heterocycles. The normalized spacial score (nSPS) is 10.9. The number of aromatic nitrogens is 3. The molecule has 0 aliphatic heterocycles. The van der Waals surface area contributed by atoms with Gasteiger partial charge in [0.15, 0.2) is 11.6 Å². The Bertz CT molecular complexity index is 857. The van der Waals surface area contributed by atoms with Crippen molar-refractivity contribution in [1.29, 1.82) is 0 Å². The van der Waals surface area contributed by atoms with Gasteiger partial charge in [-0.3, -0.25) is 9.89 Å². The van der Waals surface area contributed by atoms with E-state index < -0.39 is 0 Å². The van der Waals surface area contributed by atoms with Crippen LogP contribution in [0.5, 0.6) is 0 Å². The summed E-state index contributed by atoms with van der Waals surface area (Å²) in [5.41, 5.74) is 1.75. The number of carbonyl (C=O) groups excluding carboxylic acids is 1. The number of nitrogens with one attached hydrogen (secondary N) is 1. The summed E-state index contributed by atoms with van der Waals surface area (Å²) in [6, 6.07) is 9.76. The van der Waals surface area contributed by atoms with Crippen LogP contribution < -0.4 is 0 Å². The molecule has 4 nitrogen and oxygen atoms in total. The van der Waals surface area contributed by atoms with E-state index in [0.717, 1.165) is 25.4 Å². The fourth-order valence-corrected chi connectivity index (χ4v) is 4.30. The molecule has 2 heterocycles. The van der Waals surface area contributed by atoms with E-state index in [1.807, 2.05) is 44.2 Å². The molecule has 0 spiro atoms. The molecule has 0 unspecified atom stereocenters. The highest BCUT2D eigenvalue weighted by Crippen LogP contribution is 2.27. The van der Waals surface area contributed by atoms with Crippen LogP contribution in [0.2, 0.25) is 0 Å². The molecule has 0 amide bonds. The number of thiophene rings is 1. The van der Waals surface area contributed by atoms with Crippen LogP contribution in [0.4, 0.5) is 0 Å². The number of carbonyl (C=O) groups is 1. The molecule has 1 aromatic carbocycles. The standard InChI is InChI=1S/C16H14BrN3OS2/c1-9-7-12(10(2)23-9)14(21)8-22-16-18-15(19-20-16)11-5-3-4-6-13(11)17/h3-7H,8H2,1-2H3,(H,18,19,20). The molecule has 0 aliphatic rings. The Morgan fingerprint density at radius 1 is 1.35 bits per heavy atom. The quantitative estimate of drug-likeness (QED) is 0.483. The number of hydrogen-bond donors (Lipinski definition) is 1. The van der Waals surface area contributed by atoms with Crippen LogP contribution in [0, 0.1) is 13.8 Å². The average molecular weight is 408 g/mol. The lowest BCUT2D eigenvalue weighted by molar-refractivity contribution is 0.102. The van der Waals surface area contributed by atoms with Crippen molar-refractivity contribution in [2.75, 3.05) is 5.75 Å². The number of aryl methyl sites for hydroxylation is 2. The lowest BCUT2D eigenvalue weighted by Gasteiger charge is -1.98. The second-order valence-electron chi connectivity index (χ2n) is 4.99. The number of halogens is 1. The van der Waals surface area contributed by atoms with E-state index in [-0.39, 0.29) is 5.78 Å². The third-order valence-electron chi connectivity index (χ3n) is 3.27. The number of benzene rings is 1. The molecule has 118 valence electrons. The number of thioether (sulfide) groups is 1. The Kier molecular flexibility index (Phi) is 4.99. The van der Waals surface area contributed by atoms with Gasteiger partial charge in [-0.15, -0.1) is 16.4 Å². The van der Waals surface area contributed by atoms with Crippen LogP contribution >= 0.6 is 39.0 Å². The summed E-state index contributed by atoms with van der Waals surface area (Å²) in [7, 11) is 0. The first-order valence-corrected chi connectivity index (χ1v) is 9.54. The van der Waals surface area contributed by atoms with Gasteiger partial charge in [-0.1, -0.05) is 45.9 Å². The van der Waals surface area contributed by atoms with Crippen molar-refractivity contribution < 1.29 is 4.79 Å². The van der Waals surface area contributed by atoms with Crippen LogP contribution in [0.1, 0.15) is 20.1 Å². The molecular weight excluding hydrogens is 394 g/mol. The van der Waals surface area contributed by atoms with E-state index in [1.54, 1.807) is 11.3 Å². The van der Waals surface area contributed by atoms with Crippen molar-refractivity contribution in [3.63, 3.8) is 0 Å². The minimum Gasteiger partial charge on any atom is -0.293 e. The molecule has 0 saturated carbocycles. The summed E-state index contributed by atoms with van der Waals surface area (Å²) >= 11 is 6.50. The molecule has 0 atom stereocenters. The fraction of sp³-hybridized carbons (Fsp3) is 0.188. The van der Waals surface area contributed by atoms with Crippen molar-refractivity contribution in [2.24, 2.45) is 0 Å². The predicted molar refractivity (Wildman–Crippen MR) is 98.4 cm³/mol. The van der Waals surface area contributed by atoms with Crippen molar-refractivity contribution >= 4 is 44.8 Å². The maximum Gasteiger partial charge on any atom is 0.209 e. The van der Waals surface area contributed by atoms with Gasteiger partial charge in [0.2, 0.25) is 5.16 Å². The van der Waals surface area contributed by atoms with Crippen molar-refractivity contribution in [2.45, 2.75) is 19.0 Å². The fourth-order valence-electron chi connectivity index (χ4n) is 2.20. The van der Waals surface area contributed by atoms with Crippen LogP contribution in [0.3, 0.4) is 0 Å². The topological polar surface area (TPSA) is 58.6 Å². The molecule has 1 N–H and O–H groups in total.